The highest BCUT2D eigenvalue weighted by Gasteiger charge is 2.38. The molecule has 3 aliphatic heterocycles. The Labute approximate surface area is 145 Å². The molecule has 130 valence electrons. The van der Waals surface area contributed by atoms with Crippen molar-refractivity contribution in [3.63, 3.8) is 0 Å². The zero-order valence-electron chi connectivity index (χ0n) is 13.5. The van der Waals surface area contributed by atoms with Gasteiger partial charge in [-0.25, -0.2) is 0 Å². The maximum atomic E-state index is 12.6. The van der Waals surface area contributed by atoms with E-state index in [9.17, 15) is 4.79 Å². The van der Waals surface area contributed by atoms with Gasteiger partial charge in [0, 0.05) is 38.3 Å². The van der Waals surface area contributed by atoms with Gasteiger partial charge in [-0.3, -0.25) is 9.69 Å². The van der Waals surface area contributed by atoms with E-state index >= 15 is 0 Å². The number of halogens is 2. The van der Waals surface area contributed by atoms with Gasteiger partial charge in [-0.05, 0) is 32.2 Å². The third-order valence-electron chi connectivity index (χ3n) is 5.22. The van der Waals surface area contributed by atoms with Crippen LogP contribution in [0.2, 0.25) is 0 Å². The van der Waals surface area contributed by atoms with Crippen LogP contribution >= 0.6 is 24.8 Å². The van der Waals surface area contributed by atoms with Gasteiger partial charge in [-0.1, -0.05) is 6.92 Å². The second-order valence-corrected chi connectivity index (χ2v) is 6.46. The molecule has 3 rings (SSSR count). The van der Waals surface area contributed by atoms with Crippen molar-refractivity contribution in [3.05, 3.63) is 0 Å². The second kappa shape index (κ2) is 8.69. The summed E-state index contributed by atoms with van der Waals surface area (Å²) in [6, 6.07) is 1.63. The number of piperidine rings is 1. The van der Waals surface area contributed by atoms with Gasteiger partial charge in [0.05, 0.1) is 6.61 Å². The Morgan fingerprint density at radius 2 is 1.91 bits per heavy atom. The molecule has 3 fully saturated rings. The number of morpholine rings is 1. The van der Waals surface area contributed by atoms with E-state index in [-0.39, 0.29) is 36.8 Å². The molecule has 0 radical (unpaired) electrons. The molecule has 3 aliphatic rings. The standard InChI is InChI=1S/C15H27N3O2.2ClH/c1-3-18-6-7-20-14(10-18)15(19)17(2)13-8-11-4-5-12(9-13)16-11;;/h11-14,16H,3-10H2,1-2H3;2*1H. The van der Waals surface area contributed by atoms with Crippen LogP contribution in [-0.4, -0.2) is 73.2 Å². The summed E-state index contributed by atoms with van der Waals surface area (Å²) in [5.74, 6) is 0.175. The molecule has 22 heavy (non-hydrogen) atoms. The number of amides is 1. The molecule has 0 aromatic carbocycles. The molecule has 7 heteroatoms. The number of carbonyl (C=O) groups is 1. The molecule has 0 aromatic rings. The lowest BCUT2D eigenvalue weighted by Crippen LogP contribution is -2.55. The number of hydrogen-bond donors (Lipinski definition) is 1. The first-order valence-corrected chi connectivity index (χ1v) is 8.04. The van der Waals surface area contributed by atoms with Crippen molar-refractivity contribution in [1.82, 2.24) is 15.1 Å². The number of carbonyl (C=O) groups excluding carboxylic acids is 1. The number of rotatable bonds is 3. The number of ether oxygens (including phenoxy) is 1. The third kappa shape index (κ3) is 4.26. The highest BCUT2D eigenvalue weighted by Crippen LogP contribution is 2.29. The maximum absolute atomic E-state index is 12.6. The van der Waals surface area contributed by atoms with Crippen LogP contribution in [0.4, 0.5) is 0 Å². The average molecular weight is 354 g/mol. The molecule has 0 saturated carbocycles. The van der Waals surface area contributed by atoms with E-state index in [1.807, 2.05) is 11.9 Å². The lowest BCUT2D eigenvalue weighted by molar-refractivity contribution is -0.150. The minimum absolute atomic E-state index is 0. The quantitative estimate of drug-likeness (QED) is 0.830. The van der Waals surface area contributed by atoms with Crippen molar-refractivity contribution in [1.29, 1.82) is 0 Å². The number of hydrogen-bond acceptors (Lipinski definition) is 4. The molecule has 0 aliphatic carbocycles. The number of nitrogens with one attached hydrogen (secondary N) is 1. The van der Waals surface area contributed by atoms with Crippen molar-refractivity contribution in [2.45, 2.75) is 56.8 Å². The second-order valence-electron chi connectivity index (χ2n) is 6.46. The van der Waals surface area contributed by atoms with Crippen molar-refractivity contribution in [3.8, 4) is 0 Å². The Morgan fingerprint density at radius 3 is 2.50 bits per heavy atom. The van der Waals surface area contributed by atoms with Gasteiger partial charge in [0.25, 0.3) is 5.91 Å². The molecule has 3 saturated heterocycles. The fourth-order valence-corrected chi connectivity index (χ4v) is 3.89. The highest BCUT2D eigenvalue weighted by molar-refractivity contribution is 5.85. The molecule has 1 amide bonds. The summed E-state index contributed by atoms with van der Waals surface area (Å²) in [5, 5.41) is 3.63. The summed E-state index contributed by atoms with van der Waals surface area (Å²) in [6.45, 7) is 5.50. The lowest BCUT2D eigenvalue weighted by Gasteiger charge is -2.39. The Hall–Kier alpha value is -0.0700. The van der Waals surface area contributed by atoms with Gasteiger partial charge in [0.2, 0.25) is 0 Å². The van der Waals surface area contributed by atoms with Gasteiger partial charge in [0.1, 0.15) is 6.10 Å². The predicted molar refractivity (Wildman–Crippen MR) is 92.1 cm³/mol. The van der Waals surface area contributed by atoms with E-state index in [1.165, 1.54) is 12.8 Å². The summed E-state index contributed by atoms with van der Waals surface area (Å²) >= 11 is 0. The molecule has 5 nitrogen and oxygen atoms in total. The van der Waals surface area contributed by atoms with Gasteiger partial charge < -0.3 is 15.0 Å². The summed E-state index contributed by atoms with van der Waals surface area (Å²) in [4.78, 5) is 16.9. The third-order valence-corrected chi connectivity index (χ3v) is 5.22. The van der Waals surface area contributed by atoms with E-state index in [0.29, 0.717) is 24.7 Å². The van der Waals surface area contributed by atoms with Crippen LogP contribution in [0, 0.1) is 0 Å². The molecule has 2 bridgehead atoms. The van der Waals surface area contributed by atoms with Gasteiger partial charge in [0.15, 0.2) is 0 Å². The highest BCUT2D eigenvalue weighted by atomic mass is 35.5. The molecular weight excluding hydrogens is 325 g/mol. The Kier molecular flexibility index (Phi) is 7.89. The minimum atomic E-state index is -0.263. The summed E-state index contributed by atoms with van der Waals surface area (Å²) < 4.78 is 5.70. The van der Waals surface area contributed by atoms with Crippen LogP contribution in [0.25, 0.3) is 0 Å². The molecule has 3 atom stereocenters. The zero-order valence-corrected chi connectivity index (χ0v) is 15.1. The number of nitrogens with zero attached hydrogens (tertiary/aromatic N) is 2. The zero-order chi connectivity index (χ0) is 14.1. The monoisotopic (exact) mass is 353 g/mol. The first-order chi connectivity index (χ1) is 9.67. The smallest absolute Gasteiger partial charge is 0.253 e. The van der Waals surface area contributed by atoms with Gasteiger partial charge >= 0.3 is 0 Å². The topological polar surface area (TPSA) is 44.8 Å². The van der Waals surface area contributed by atoms with Crippen LogP contribution < -0.4 is 5.32 Å². The van der Waals surface area contributed by atoms with Gasteiger partial charge in [-0.2, -0.15) is 0 Å². The van der Waals surface area contributed by atoms with Crippen LogP contribution in [0.15, 0.2) is 0 Å². The molecule has 0 spiro atoms. The van der Waals surface area contributed by atoms with Crippen LogP contribution in [0.3, 0.4) is 0 Å². The first-order valence-electron chi connectivity index (χ1n) is 8.04. The molecule has 3 unspecified atom stereocenters. The van der Waals surface area contributed by atoms with E-state index in [2.05, 4.69) is 17.1 Å². The molecule has 0 aromatic heterocycles. The van der Waals surface area contributed by atoms with Crippen LogP contribution in [-0.2, 0) is 9.53 Å². The van der Waals surface area contributed by atoms with E-state index in [1.54, 1.807) is 0 Å². The predicted octanol–water partition coefficient (Wildman–Crippen LogP) is 1.29. The maximum Gasteiger partial charge on any atom is 0.253 e. The van der Waals surface area contributed by atoms with Crippen LogP contribution in [0.5, 0.6) is 0 Å². The first kappa shape index (κ1) is 20.0. The molecular formula is C15H29Cl2N3O2. The van der Waals surface area contributed by atoms with Crippen molar-refractivity contribution in [2.24, 2.45) is 0 Å². The Morgan fingerprint density at radius 1 is 1.27 bits per heavy atom. The fourth-order valence-electron chi connectivity index (χ4n) is 3.89. The SMILES string of the molecule is CCN1CCOC(C(=O)N(C)C2CC3CCC(C2)N3)C1.Cl.Cl. The Bertz CT molecular complexity index is 361. The van der Waals surface area contributed by atoms with Gasteiger partial charge in [-0.15, -0.1) is 24.8 Å². The summed E-state index contributed by atoms with van der Waals surface area (Å²) in [6.07, 6.45) is 4.48. The molecule has 1 N–H and O–H groups in total. The number of fused-ring (bicyclic) bond motifs is 2. The number of likely N-dealkylation sites (N-methyl/N-ethyl adjacent to an activating group) is 2. The summed E-state index contributed by atoms with van der Waals surface area (Å²) in [7, 11) is 1.96. The summed E-state index contributed by atoms with van der Waals surface area (Å²) in [5.41, 5.74) is 0. The fraction of sp³-hybridized carbons (Fsp3) is 0.933. The Balaban J connectivity index is 0.00000121. The van der Waals surface area contributed by atoms with E-state index in [0.717, 1.165) is 32.5 Å². The van der Waals surface area contributed by atoms with E-state index < -0.39 is 0 Å². The van der Waals surface area contributed by atoms with Crippen molar-refractivity contribution < 1.29 is 9.53 Å². The molecule has 3 heterocycles. The van der Waals surface area contributed by atoms with Crippen LogP contribution in [0.1, 0.15) is 32.6 Å². The van der Waals surface area contributed by atoms with E-state index in [4.69, 9.17) is 4.74 Å². The minimum Gasteiger partial charge on any atom is -0.366 e. The lowest BCUT2D eigenvalue weighted by atomic mass is 9.98. The largest absolute Gasteiger partial charge is 0.366 e. The normalized spacial score (nSPS) is 34.5. The average Bonchev–Trinajstić information content (AvgIpc) is 2.84. The van der Waals surface area contributed by atoms with Crippen molar-refractivity contribution >= 4 is 30.7 Å². The van der Waals surface area contributed by atoms with Crippen molar-refractivity contribution in [2.75, 3.05) is 33.3 Å².